The van der Waals surface area contributed by atoms with E-state index in [-0.39, 0.29) is 28.7 Å². The Morgan fingerprint density at radius 2 is 2.15 bits per heavy atom. The van der Waals surface area contributed by atoms with Crippen molar-refractivity contribution in [3.63, 3.8) is 0 Å². The molecule has 1 heterocycles. The molecule has 8 heteroatoms. The maximum atomic E-state index is 10.9. The number of nitrogens with zero attached hydrogens (tertiary/aromatic N) is 2. The molecule has 3 N–H and O–H groups in total. The standard InChI is InChI=1S/C12H9ClN4O3/c13-7-1-2-10(17(18)19)11(5-7)20-8-3-4-16-9(6-8)12(14)15/h1-6H,(H3,14,15). The van der Waals surface area contributed by atoms with Gasteiger partial charge in [0.1, 0.15) is 17.3 Å². The van der Waals surface area contributed by atoms with Crippen molar-refractivity contribution in [2.45, 2.75) is 0 Å². The first-order valence-electron chi connectivity index (χ1n) is 5.39. The Morgan fingerprint density at radius 3 is 2.80 bits per heavy atom. The highest BCUT2D eigenvalue weighted by Gasteiger charge is 2.16. The van der Waals surface area contributed by atoms with Gasteiger partial charge >= 0.3 is 5.69 Å². The molecule has 0 fully saturated rings. The molecule has 0 aliphatic carbocycles. The normalized spacial score (nSPS) is 10.1. The van der Waals surface area contributed by atoms with Crippen molar-refractivity contribution in [2.24, 2.45) is 5.73 Å². The summed E-state index contributed by atoms with van der Waals surface area (Å²) in [6.45, 7) is 0. The number of amidine groups is 1. The number of hydrogen-bond acceptors (Lipinski definition) is 5. The minimum absolute atomic E-state index is 0.00296. The van der Waals surface area contributed by atoms with Crippen LogP contribution >= 0.6 is 11.6 Å². The summed E-state index contributed by atoms with van der Waals surface area (Å²) < 4.78 is 5.42. The summed E-state index contributed by atoms with van der Waals surface area (Å²) >= 11 is 5.80. The Kier molecular flexibility index (Phi) is 3.81. The molecule has 0 bridgehead atoms. The summed E-state index contributed by atoms with van der Waals surface area (Å²) in [7, 11) is 0. The van der Waals surface area contributed by atoms with Crippen LogP contribution in [0.1, 0.15) is 5.69 Å². The minimum atomic E-state index is -0.571. The molecule has 0 aliphatic heterocycles. The fourth-order valence-electron chi connectivity index (χ4n) is 1.47. The molecule has 0 radical (unpaired) electrons. The number of benzene rings is 1. The number of halogens is 1. The lowest BCUT2D eigenvalue weighted by atomic mass is 10.3. The maximum Gasteiger partial charge on any atom is 0.311 e. The van der Waals surface area contributed by atoms with Crippen LogP contribution in [0.2, 0.25) is 5.02 Å². The number of rotatable bonds is 4. The Hall–Kier alpha value is -2.67. The van der Waals surface area contributed by atoms with Crippen molar-refractivity contribution in [1.82, 2.24) is 4.98 Å². The van der Waals surface area contributed by atoms with E-state index in [4.69, 9.17) is 27.5 Å². The van der Waals surface area contributed by atoms with E-state index >= 15 is 0 Å². The van der Waals surface area contributed by atoms with Crippen molar-refractivity contribution >= 4 is 23.1 Å². The summed E-state index contributed by atoms with van der Waals surface area (Å²) in [5.41, 5.74) is 5.32. The van der Waals surface area contributed by atoms with Crippen LogP contribution in [-0.2, 0) is 0 Å². The highest BCUT2D eigenvalue weighted by Crippen LogP contribution is 2.33. The number of hydrogen-bond donors (Lipinski definition) is 2. The first-order chi connectivity index (χ1) is 9.47. The predicted octanol–water partition coefficient (Wildman–Crippen LogP) is 2.72. The number of pyridine rings is 1. The molecular weight excluding hydrogens is 284 g/mol. The van der Waals surface area contributed by atoms with Crippen LogP contribution in [0.4, 0.5) is 5.69 Å². The second kappa shape index (κ2) is 5.54. The van der Waals surface area contributed by atoms with Gasteiger partial charge in [0.15, 0.2) is 0 Å². The van der Waals surface area contributed by atoms with Crippen LogP contribution in [0.25, 0.3) is 0 Å². The second-order valence-electron chi connectivity index (χ2n) is 3.76. The van der Waals surface area contributed by atoms with Gasteiger partial charge in [-0.05, 0) is 12.1 Å². The van der Waals surface area contributed by atoms with Gasteiger partial charge in [0.2, 0.25) is 5.75 Å². The highest BCUT2D eigenvalue weighted by molar-refractivity contribution is 6.30. The van der Waals surface area contributed by atoms with E-state index in [2.05, 4.69) is 4.98 Å². The molecule has 0 aliphatic rings. The van der Waals surface area contributed by atoms with Gasteiger partial charge in [-0.2, -0.15) is 0 Å². The number of nitrogen functional groups attached to an aromatic ring is 1. The van der Waals surface area contributed by atoms with Gasteiger partial charge in [0.25, 0.3) is 0 Å². The first-order valence-corrected chi connectivity index (χ1v) is 5.77. The van der Waals surface area contributed by atoms with Crippen molar-refractivity contribution in [1.29, 1.82) is 5.41 Å². The van der Waals surface area contributed by atoms with E-state index < -0.39 is 4.92 Å². The molecule has 102 valence electrons. The quantitative estimate of drug-likeness (QED) is 0.389. The van der Waals surface area contributed by atoms with Crippen molar-refractivity contribution in [3.05, 3.63) is 57.4 Å². The van der Waals surface area contributed by atoms with Crippen LogP contribution in [0.15, 0.2) is 36.5 Å². The predicted molar refractivity (Wildman–Crippen MR) is 73.4 cm³/mol. The number of nitro benzene ring substituents is 1. The van der Waals surface area contributed by atoms with Gasteiger partial charge < -0.3 is 10.5 Å². The third kappa shape index (κ3) is 3.01. The van der Waals surface area contributed by atoms with Crippen molar-refractivity contribution in [3.8, 4) is 11.5 Å². The number of aromatic nitrogens is 1. The molecule has 20 heavy (non-hydrogen) atoms. The van der Waals surface area contributed by atoms with Gasteiger partial charge in [-0.3, -0.25) is 20.5 Å². The van der Waals surface area contributed by atoms with Crippen LogP contribution in [0, 0.1) is 15.5 Å². The Labute approximate surface area is 118 Å². The van der Waals surface area contributed by atoms with Gasteiger partial charge in [-0.15, -0.1) is 0 Å². The van der Waals surface area contributed by atoms with Crippen LogP contribution < -0.4 is 10.5 Å². The molecule has 1 aromatic heterocycles. The second-order valence-corrected chi connectivity index (χ2v) is 4.20. The topological polar surface area (TPSA) is 115 Å². The molecule has 2 rings (SSSR count). The van der Waals surface area contributed by atoms with E-state index in [9.17, 15) is 10.1 Å². The van der Waals surface area contributed by atoms with Gasteiger partial charge in [-0.25, -0.2) is 0 Å². The Morgan fingerprint density at radius 1 is 1.40 bits per heavy atom. The van der Waals surface area contributed by atoms with E-state index in [0.717, 1.165) is 0 Å². The smallest absolute Gasteiger partial charge is 0.311 e. The molecule has 0 saturated heterocycles. The minimum Gasteiger partial charge on any atom is -0.450 e. The maximum absolute atomic E-state index is 10.9. The summed E-state index contributed by atoms with van der Waals surface area (Å²) in [4.78, 5) is 14.2. The molecular formula is C12H9ClN4O3. The zero-order chi connectivity index (χ0) is 14.7. The zero-order valence-corrected chi connectivity index (χ0v) is 10.8. The lowest BCUT2D eigenvalue weighted by Crippen LogP contribution is -2.12. The summed E-state index contributed by atoms with van der Waals surface area (Å²) in [5, 5.41) is 18.5. The SMILES string of the molecule is N=C(N)c1cc(Oc2cc(Cl)ccc2[N+](=O)[O-])ccn1. The lowest BCUT2D eigenvalue weighted by molar-refractivity contribution is -0.385. The van der Waals surface area contributed by atoms with Gasteiger partial charge in [-0.1, -0.05) is 11.6 Å². The number of nitrogens with two attached hydrogens (primary N) is 1. The molecule has 1 aromatic carbocycles. The fraction of sp³-hybridized carbons (Fsp3) is 0. The van der Waals surface area contributed by atoms with E-state index in [1.165, 1.54) is 36.5 Å². The molecule has 0 saturated carbocycles. The molecule has 7 nitrogen and oxygen atoms in total. The van der Waals surface area contributed by atoms with E-state index in [1.807, 2.05) is 0 Å². The summed E-state index contributed by atoms with van der Waals surface area (Å²) in [5.74, 6) is 0.0508. The van der Waals surface area contributed by atoms with Crippen LogP contribution in [0.5, 0.6) is 11.5 Å². The van der Waals surface area contributed by atoms with Gasteiger partial charge in [0, 0.05) is 29.4 Å². The summed E-state index contributed by atoms with van der Waals surface area (Å²) in [6.07, 6.45) is 1.39. The average Bonchev–Trinajstić information content (AvgIpc) is 2.38. The van der Waals surface area contributed by atoms with E-state index in [0.29, 0.717) is 5.02 Å². The van der Waals surface area contributed by atoms with Gasteiger partial charge in [0.05, 0.1) is 4.92 Å². The third-order valence-corrected chi connectivity index (χ3v) is 2.59. The average molecular weight is 293 g/mol. The van der Waals surface area contributed by atoms with Crippen LogP contribution in [-0.4, -0.2) is 15.7 Å². The molecule has 0 spiro atoms. The molecule has 2 aromatic rings. The number of nitrogens with one attached hydrogen (secondary N) is 1. The van der Waals surface area contributed by atoms with E-state index in [1.54, 1.807) is 0 Å². The molecule has 0 amide bonds. The zero-order valence-electron chi connectivity index (χ0n) is 10.0. The van der Waals surface area contributed by atoms with Crippen molar-refractivity contribution < 1.29 is 9.66 Å². The highest BCUT2D eigenvalue weighted by atomic mass is 35.5. The lowest BCUT2D eigenvalue weighted by Gasteiger charge is -2.07. The molecule has 0 unspecified atom stereocenters. The van der Waals surface area contributed by atoms with Crippen molar-refractivity contribution in [2.75, 3.05) is 0 Å². The largest absolute Gasteiger partial charge is 0.450 e. The molecule has 0 atom stereocenters. The number of nitro groups is 1. The monoisotopic (exact) mass is 292 g/mol. The Balaban J connectivity index is 2.39. The Bertz CT molecular complexity index is 690. The fourth-order valence-corrected chi connectivity index (χ4v) is 1.63. The first kappa shape index (κ1) is 13.8. The number of ether oxygens (including phenoxy) is 1. The third-order valence-electron chi connectivity index (χ3n) is 2.35. The summed E-state index contributed by atoms with van der Waals surface area (Å²) in [6, 6.07) is 6.91. The van der Waals surface area contributed by atoms with Crippen LogP contribution in [0.3, 0.4) is 0 Å².